The Balaban J connectivity index is 1.31. The molecule has 4 aliphatic carbocycles. The minimum Gasteiger partial charge on any atom is -0.392 e. The van der Waals surface area contributed by atoms with Crippen molar-refractivity contribution in [2.75, 3.05) is 0 Å². The molecule has 4 atom stereocenters. The van der Waals surface area contributed by atoms with Crippen molar-refractivity contribution in [1.29, 1.82) is 0 Å². The Bertz CT molecular complexity index is 932. The van der Waals surface area contributed by atoms with Gasteiger partial charge in [0.15, 0.2) is 0 Å². The van der Waals surface area contributed by atoms with Crippen LogP contribution in [0.25, 0.3) is 11.3 Å². The van der Waals surface area contributed by atoms with Gasteiger partial charge in [-0.2, -0.15) is 0 Å². The molecular weight excluding hydrogens is 348 g/mol. The molecule has 0 amide bonds. The number of fused-ring (bicyclic) bond motifs is 3. The van der Waals surface area contributed by atoms with Gasteiger partial charge >= 0.3 is 0 Å². The molecular formula is C24H28N2O2. The van der Waals surface area contributed by atoms with Crippen LogP contribution in [0.1, 0.15) is 57.1 Å². The zero-order chi connectivity index (χ0) is 19.0. The summed E-state index contributed by atoms with van der Waals surface area (Å²) >= 11 is 0. The molecule has 0 radical (unpaired) electrons. The first kappa shape index (κ1) is 17.0. The average Bonchev–Trinajstić information content (AvgIpc) is 3.23. The molecule has 0 saturated heterocycles. The van der Waals surface area contributed by atoms with Gasteiger partial charge in [0.05, 0.1) is 30.4 Å². The van der Waals surface area contributed by atoms with Gasteiger partial charge in [-0.25, -0.2) is 4.98 Å². The number of hydrogen-bond acceptors (Lipinski definition) is 3. The minimum atomic E-state index is -0.320. The molecule has 1 aromatic carbocycles. The van der Waals surface area contributed by atoms with E-state index in [1.807, 2.05) is 12.5 Å². The maximum Gasteiger partial charge on any atom is 0.133 e. The highest BCUT2D eigenvalue weighted by molar-refractivity contribution is 5.79. The molecule has 146 valence electrons. The Morgan fingerprint density at radius 2 is 2.00 bits per heavy atom. The highest BCUT2D eigenvalue weighted by Crippen LogP contribution is 2.64. The predicted octanol–water partition coefficient (Wildman–Crippen LogP) is 4.24. The molecule has 4 unspecified atom stereocenters. The molecule has 4 fully saturated rings. The second kappa shape index (κ2) is 5.79. The molecule has 7 rings (SSSR count). The lowest BCUT2D eigenvalue weighted by Gasteiger charge is -2.61. The lowest BCUT2D eigenvalue weighted by atomic mass is 9.44. The van der Waals surface area contributed by atoms with E-state index in [0.29, 0.717) is 23.5 Å². The number of imidazole rings is 1. The predicted molar refractivity (Wildman–Crippen MR) is 107 cm³/mol. The summed E-state index contributed by atoms with van der Waals surface area (Å²) in [5.74, 6) is 2.34. The van der Waals surface area contributed by atoms with Gasteiger partial charge in [0.2, 0.25) is 0 Å². The summed E-state index contributed by atoms with van der Waals surface area (Å²) in [5.41, 5.74) is 3.74. The number of rotatable bonds is 4. The highest BCUT2D eigenvalue weighted by atomic mass is 16.3. The van der Waals surface area contributed by atoms with Crippen molar-refractivity contribution in [3.8, 4) is 11.3 Å². The Hall–Kier alpha value is -1.94. The number of aliphatic hydroxyl groups excluding tert-OH is 1. The number of ketones is 1. The number of benzene rings is 1. The summed E-state index contributed by atoms with van der Waals surface area (Å²) in [6.45, 7) is 1.78. The van der Waals surface area contributed by atoms with Gasteiger partial charge < -0.3 is 9.67 Å². The van der Waals surface area contributed by atoms with Crippen LogP contribution in [-0.2, 0) is 4.79 Å². The molecule has 2 aromatic rings. The lowest BCUT2D eigenvalue weighted by Crippen LogP contribution is -2.56. The van der Waals surface area contributed by atoms with Crippen LogP contribution in [0.3, 0.4) is 0 Å². The van der Waals surface area contributed by atoms with Crippen LogP contribution in [0.4, 0.5) is 0 Å². The molecule has 1 aliphatic heterocycles. The van der Waals surface area contributed by atoms with Gasteiger partial charge in [-0.3, -0.25) is 4.79 Å². The number of carbonyl (C=O) groups is 1. The van der Waals surface area contributed by atoms with Gasteiger partial charge in [-0.15, -0.1) is 0 Å². The summed E-state index contributed by atoms with van der Waals surface area (Å²) in [6.07, 6.45) is 9.91. The van der Waals surface area contributed by atoms with E-state index in [-0.39, 0.29) is 23.5 Å². The highest BCUT2D eigenvalue weighted by Gasteiger charge is 2.58. The van der Waals surface area contributed by atoms with Crippen molar-refractivity contribution in [2.24, 2.45) is 29.1 Å². The van der Waals surface area contributed by atoms with Crippen LogP contribution >= 0.6 is 0 Å². The fourth-order valence-corrected chi connectivity index (χ4v) is 7.79. The van der Waals surface area contributed by atoms with E-state index >= 15 is 0 Å². The van der Waals surface area contributed by atoms with E-state index in [4.69, 9.17) is 0 Å². The third kappa shape index (κ3) is 2.21. The van der Waals surface area contributed by atoms with Crippen molar-refractivity contribution in [1.82, 2.24) is 9.55 Å². The number of aromatic nitrogens is 2. The standard InChI is InChI=1S/C24H28N2O2/c1-14(27)23-16-6-15-7-17(23)11-24(9-15,10-16)22(28)8-20-18-4-2-3-5-19(18)21-12-25-13-26(20)21/h2-5,12-13,15-17,20,22-23,28H,6-11H2,1H3. The molecule has 5 aliphatic rings. The average molecular weight is 377 g/mol. The van der Waals surface area contributed by atoms with Crippen molar-refractivity contribution in [3.05, 3.63) is 42.4 Å². The first-order chi connectivity index (χ1) is 13.6. The number of nitrogens with zero attached hydrogens (tertiary/aromatic N) is 2. The molecule has 0 spiro atoms. The number of carbonyl (C=O) groups excluding carboxylic acids is 1. The van der Waals surface area contributed by atoms with Gasteiger partial charge in [0.1, 0.15) is 5.78 Å². The first-order valence-electron chi connectivity index (χ1n) is 10.9. The van der Waals surface area contributed by atoms with Crippen LogP contribution in [0.5, 0.6) is 0 Å². The summed E-state index contributed by atoms with van der Waals surface area (Å²) < 4.78 is 2.24. The van der Waals surface area contributed by atoms with E-state index < -0.39 is 0 Å². The molecule has 2 heterocycles. The van der Waals surface area contributed by atoms with Gasteiger partial charge in [0, 0.05) is 11.5 Å². The maximum absolute atomic E-state index is 12.3. The quantitative estimate of drug-likeness (QED) is 0.868. The Morgan fingerprint density at radius 3 is 2.75 bits per heavy atom. The van der Waals surface area contributed by atoms with Crippen molar-refractivity contribution in [2.45, 2.75) is 57.6 Å². The largest absolute Gasteiger partial charge is 0.392 e. The van der Waals surface area contributed by atoms with Gasteiger partial charge in [-0.05, 0) is 74.2 Å². The van der Waals surface area contributed by atoms with E-state index in [0.717, 1.165) is 31.4 Å². The molecule has 28 heavy (non-hydrogen) atoms. The van der Waals surface area contributed by atoms with Crippen LogP contribution in [-0.4, -0.2) is 26.5 Å². The zero-order valence-corrected chi connectivity index (χ0v) is 16.4. The van der Waals surface area contributed by atoms with E-state index in [9.17, 15) is 9.90 Å². The Morgan fingerprint density at radius 1 is 1.25 bits per heavy atom. The fourth-order valence-electron chi connectivity index (χ4n) is 7.79. The molecule has 1 N–H and O–H groups in total. The SMILES string of the molecule is CC(=O)C1C2CC3CC1CC(C(O)CC1c4ccccc4-c4cncn41)(C3)C2. The van der Waals surface area contributed by atoms with Crippen molar-refractivity contribution >= 4 is 5.78 Å². The third-order valence-corrected chi connectivity index (χ3v) is 8.54. The Labute approximate surface area is 166 Å². The Kier molecular flexibility index (Phi) is 3.51. The first-order valence-corrected chi connectivity index (χ1v) is 10.9. The van der Waals surface area contributed by atoms with Crippen LogP contribution in [0.2, 0.25) is 0 Å². The summed E-state index contributed by atoms with van der Waals surface area (Å²) in [4.78, 5) is 16.6. The normalized spacial score (nSPS) is 38.3. The molecule has 4 saturated carbocycles. The van der Waals surface area contributed by atoms with Crippen LogP contribution in [0.15, 0.2) is 36.8 Å². The summed E-state index contributed by atoms with van der Waals surface area (Å²) in [6, 6.07) is 8.71. The molecule has 4 bridgehead atoms. The van der Waals surface area contributed by atoms with Crippen LogP contribution < -0.4 is 0 Å². The smallest absolute Gasteiger partial charge is 0.133 e. The topological polar surface area (TPSA) is 55.1 Å². The molecule has 4 heteroatoms. The second-order valence-electron chi connectivity index (χ2n) is 10.0. The monoisotopic (exact) mass is 376 g/mol. The maximum atomic E-state index is 12.3. The van der Waals surface area contributed by atoms with Gasteiger partial charge in [-0.1, -0.05) is 24.3 Å². The van der Waals surface area contributed by atoms with E-state index in [1.165, 1.54) is 24.0 Å². The summed E-state index contributed by atoms with van der Waals surface area (Å²) in [7, 11) is 0. The molecule has 1 aromatic heterocycles. The number of hydrogen-bond donors (Lipinski definition) is 1. The lowest BCUT2D eigenvalue weighted by molar-refractivity contribution is -0.162. The van der Waals surface area contributed by atoms with Crippen molar-refractivity contribution < 1.29 is 9.90 Å². The van der Waals surface area contributed by atoms with Gasteiger partial charge in [0.25, 0.3) is 0 Å². The fraction of sp³-hybridized carbons (Fsp3) is 0.583. The van der Waals surface area contributed by atoms with E-state index in [1.54, 1.807) is 6.92 Å². The molecule has 4 nitrogen and oxygen atoms in total. The third-order valence-electron chi connectivity index (χ3n) is 8.54. The van der Waals surface area contributed by atoms with Crippen LogP contribution in [0, 0.1) is 29.1 Å². The van der Waals surface area contributed by atoms with Crippen molar-refractivity contribution in [3.63, 3.8) is 0 Å². The second-order valence-corrected chi connectivity index (χ2v) is 10.0. The zero-order valence-electron chi connectivity index (χ0n) is 16.4. The minimum absolute atomic E-state index is 0.0146. The summed E-state index contributed by atoms with van der Waals surface area (Å²) in [5, 5.41) is 11.6. The number of aliphatic hydroxyl groups is 1. The van der Waals surface area contributed by atoms with E-state index in [2.05, 4.69) is 33.8 Å². The number of Topliss-reactive ketones (excluding diaryl/α,β-unsaturated/α-hetero) is 1.